The molecule has 3 aromatic rings. The molecule has 3 aromatic heterocycles. The lowest BCUT2D eigenvalue weighted by atomic mass is 9.89. The lowest BCUT2D eigenvalue weighted by molar-refractivity contribution is -0.181. The molecule has 0 spiro atoms. The Kier molecular flexibility index (Phi) is 4.68. The van der Waals surface area contributed by atoms with Crippen molar-refractivity contribution < 1.29 is 13.2 Å². The van der Waals surface area contributed by atoms with Crippen molar-refractivity contribution in [2.24, 2.45) is 0 Å². The number of likely N-dealkylation sites (tertiary alicyclic amines) is 1. The van der Waals surface area contributed by atoms with Crippen molar-refractivity contribution in [3.63, 3.8) is 0 Å². The summed E-state index contributed by atoms with van der Waals surface area (Å²) in [6.45, 7) is 4.16. The third-order valence-electron chi connectivity index (χ3n) is 5.39. The number of alkyl halides is 3. The molecule has 4 heterocycles. The van der Waals surface area contributed by atoms with Gasteiger partial charge in [-0.3, -0.25) is 14.4 Å². The summed E-state index contributed by atoms with van der Waals surface area (Å²) in [5, 5.41) is 3.37. The van der Waals surface area contributed by atoms with Crippen LogP contribution in [0.1, 0.15) is 26.0 Å². The Bertz CT molecular complexity index is 1030. The summed E-state index contributed by atoms with van der Waals surface area (Å²) >= 11 is 0. The first-order valence-corrected chi connectivity index (χ1v) is 9.33. The summed E-state index contributed by atoms with van der Waals surface area (Å²) in [4.78, 5) is 19.3. The van der Waals surface area contributed by atoms with Crippen LogP contribution in [-0.2, 0) is 5.41 Å². The maximum absolute atomic E-state index is 13.4. The number of hydrogen-bond acceptors (Lipinski definition) is 6. The lowest BCUT2D eigenvalue weighted by Gasteiger charge is -2.27. The minimum absolute atomic E-state index is 0.0898. The second kappa shape index (κ2) is 6.94. The smallest absolute Gasteiger partial charge is 0.365 e. The van der Waals surface area contributed by atoms with E-state index in [0.29, 0.717) is 22.9 Å². The molecule has 154 valence electrons. The van der Waals surface area contributed by atoms with Crippen LogP contribution in [0.3, 0.4) is 0 Å². The first-order valence-electron chi connectivity index (χ1n) is 9.33. The van der Waals surface area contributed by atoms with E-state index in [0.717, 1.165) is 33.4 Å². The third-order valence-corrected chi connectivity index (χ3v) is 5.39. The van der Waals surface area contributed by atoms with Gasteiger partial charge in [-0.05, 0) is 33.9 Å². The molecule has 0 aliphatic carbocycles. The Morgan fingerprint density at radius 1 is 1.10 bits per heavy atom. The van der Waals surface area contributed by atoms with Crippen LogP contribution >= 0.6 is 0 Å². The normalized spacial score (nSPS) is 18.5. The van der Waals surface area contributed by atoms with Gasteiger partial charge in [0, 0.05) is 18.8 Å². The number of halogens is 3. The number of aromatic nitrogens is 5. The van der Waals surface area contributed by atoms with Gasteiger partial charge in [0.2, 0.25) is 0 Å². The molecule has 1 aliphatic heterocycles. The highest BCUT2D eigenvalue weighted by atomic mass is 19.4. The van der Waals surface area contributed by atoms with Gasteiger partial charge in [-0.2, -0.15) is 13.2 Å². The first kappa shape index (κ1) is 19.6. The van der Waals surface area contributed by atoms with Crippen LogP contribution in [0, 0.1) is 0 Å². The quantitative estimate of drug-likeness (QED) is 0.719. The van der Waals surface area contributed by atoms with Crippen LogP contribution in [0.5, 0.6) is 0 Å². The van der Waals surface area contributed by atoms with Gasteiger partial charge in [-0.1, -0.05) is 0 Å². The van der Waals surface area contributed by atoms with Crippen LogP contribution < -0.4 is 5.32 Å². The van der Waals surface area contributed by atoms with Gasteiger partial charge in [0.05, 0.1) is 36.2 Å². The molecule has 4 rings (SSSR count). The second-order valence-corrected chi connectivity index (χ2v) is 7.95. The first-order chi connectivity index (χ1) is 13.6. The average Bonchev–Trinajstić information content (AvgIpc) is 3.26. The molecule has 1 saturated heterocycles. The molecule has 10 heteroatoms. The number of nitrogens with one attached hydrogen (secondary N) is 1. The molecule has 29 heavy (non-hydrogen) atoms. The summed E-state index contributed by atoms with van der Waals surface area (Å²) in [5.74, 6) is 0.627. The SMILES string of the molecule is CN1CCC(Nc2cncc(-c3cnc4cnc(C(C)(C)C(F)(F)F)cn34)n2)C1. The summed E-state index contributed by atoms with van der Waals surface area (Å²) in [7, 11) is 2.07. The third kappa shape index (κ3) is 3.64. The fourth-order valence-corrected chi connectivity index (χ4v) is 3.37. The molecule has 0 bridgehead atoms. The molecule has 0 aromatic carbocycles. The number of fused-ring (bicyclic) bond motifs is 1. The van der Waals surface area contributed by atoms with Gasteiger partial charge in [-0.25, -0.2) is 9.97 Å². The van der Waals surface area contributed by atoms with E-state index < -0.39 is 11.6 Å². The highest BCUT2D eigenvalue weighted by molar-refractivity contribution is 5.60. The topological polar surface area (TPSA) is 71.2 Å². The number of likely N-dealkylation sites (N-methyl/N-ethyl adjacent to an activating group) is 1. The van der Waals surface area contributed by atoms with Gasteiger partial charge in [0.15, 0.2) is 5.65 Å². The Hall–Kier alpha value is -2.75. The summed E-state index contributed by atoms with van der Waals surface area (Å²) in [6, 6.07) is 0.287. The molecule has 7 nitrogen and oxygen atoms in total. The number of imidazole rings is 1. The predicted octanol–water partition coefficient (Wildman–Crippen LogP) is 3.14. The van der Waals surface area contributed by atoms with E-state index in [1.807, 2.05) is 0 Å². The summed E-state index contributed by atoms with van der Waals surface area (Å²) < 4.78 is 41.9. The fourth-order valence-electron chi connectivity index (χ4n) is 3.37. The van der Waals surface area contributed by atoms with Crippen LogP contribution in [0.4, 0.5) is 19.0 Å². The van der Waals surface area contributed by atoms with Crippen LogP contribution in [0.2, 0.25) is 0 Å². The van der Waals surface area contributed by atoms with Gasteiger partial charge in [0.25, 0.3) is 0 Å². The van der Waals surface area contributed by atoms with Crippen LogP contribution in [-0.4, -0.2) is 61.6 Å². The number of anilines is 1. The maximum atomic E-state index is 13.4. The van der Waals surface area contributed by atoms with Crippen LogP contribution in [0.25, 0.3) is 17.0 Å². The predicted molar refractivity (Wildman–Crippen MR) is 103 cm³/mol. The number of nitrogens with zero attached hydrogens (tertiary/aromatic N) is 6. The van der Waals surface area contributed by atoms with Crippen molar-refractivity contribution >= 4 is 11.5 Å². The largest absolute Gasteiger partial charge is 0.399 e. The van der Waals surface area contributed by atoms with Gasteiger partial charge in [0.1, 0.15) is 16.9 Å². The Morgan fingerprint density at radius 3 is 2.59 bits per heavy atom. The fraction of sp³-hybridized carbons (Fsp3) is 0.474. The van der Waals surface area contributed by atoms with E-state index in [4.69, 9.17) is 0 Å². The molecular formula is C19H22F3N7. The molecule has 1 aliphatic rings. The van der Waals surface area contributed by atoms with Crippen molar-refractivity contribution in [3.8, 4) is 11.4 Å². The van der Waals surface area contributed by atoms with Crippen molar-refractivity contribution in [3.05, 3.63) is 36.7 Å². The van der Waals surface area contributed by atoms with E-state index in [9.17, 15) is 13.2 Å². The second-order valence-electron chi connectivity index (χ2n) is 7.95. The van der Waals surface area contributed by atoms with Crippen molar-refractivity contribution in [1.82, 2.24) is 29.2 Å². The van der Waals surface area contributed by atoms with E-state index in [-0.39, 0.29) is 11.7 Å². The van der Waals surface area contributed by atoms with Crippen molar-refractivity contribution in [2.45, 2.75) is 37.9 Å². The van der Waals surface area contributed by atoms with Crippen LogP contribution in [0.15, 0.2) is 31.0 Å². The minimum Gasteiger partial charge on any atom is -0.365 e. The van der Waals surface area contributed by atoms with Gasteiger partial charge in [-0.15, -0.1) is 0 Å². The molecule has 1 N–H and O–H groups in total. The molecule has 0 amide bonds. The Labute approximate surface area is 166 Å². The number of rotatable bonds is 4. The molecule has 1 unspecified atom stereocenters. The summed E-state index contributed by atoms with van der Waals surface area (Å²) in [6.07, 6.45) is 4.09. The zero-order valence-corrected chi connectivity index (χ0v) is 16.4. The van der Waals surface area contributed by atoms with E-state index in [1.54, 1.807) is 23.0 Å². The van der Waals surface area contributed by atoms with E-state index >= 15 is 0 Å². The van der Waals surface area contributed by atoms with Crippen molar-refractivity contribution in [1.29, 1.82) is 0 Å². The minimum atomic E-state index is -4.42. The van der Waals surface area contributed by atoms with E-state index in [2.05, 4.69) is 37.2 Å². The number of hydrogen-bond donors (Lipinski definition) is 1. The van der Waals surface area contributed by atoms with Gasteiger partial charge < -0.3 is 10.2 Å². The van der Waals surface area contributed by atoms with Crippen molar-refractivity contribution in [2.75, 3.05) is 25.5 Å². The Morgan fingerprint density at radius 2 is 1.90 bits per heavy atom. The molecule has 0 saturated carbocycles. The zero-order chi connectivity index (χ0) is 20.8. The lowest BCUT2D eigenvalue weighted by Crippen LogP contribution is -2.37. The Balaban J connectivity index is 1.69. The standard InChI is InChI=1S/C19H22F3N7/c1-18(2,19(20,21)22)15-11-29-14(7-25-17(29)9-24-15)13-6-23-8-16(27-13)26-12-4-5-28(3)10-12/h6-9,11-12H,4-5,10H2,1-3H3,(H,26,27). The molecule has 0 radical (unpaired) electrons. The average molecular weight is 405 g/mol. The highest BCUT2D eigenvalue weighted by Crippen LogP contribution is 2.39. The zero-order valence-electron chi connectivity index (χ0n) is 16.4. The molecular weight excluding hydrogens is 383 g/mol. The highest BCUT2D eigenvalue weighted by Gasteiger charge is 2.49. The molecule has 1 atom stereocenters. The maximum Gasteiger partial charge on any atom is 0.399 e. The van der Waals surface area contributed by atoms with E-state index in [1.165, 1.54) is 12.4 Å². The summed E-state index contributed by atoms with van der Waals surface area (Å²) in [5.41, 5.74) is -0.656. The molecule has 1 fully saturated rings. The van der Waals surface area contributed by atoms with Gasteiger partial charge >= 0.3 is 6.18 Å². The monoisotopic (exact) mass is 405 g/mol.